The minimum atomic E-state index is -1.25. The molecule has 0 unspecified atom stereocenters. The van der Waals surface area contributed by atoms with E-state index in [1.54, 1.807) is 0 Å². The largest absolute Gasteiger partial charge is 0.476 e. The van der Waals surface area contributed by atoms with Crippen LogP contribution in [0.1, 0.15) is 5.69 Å². The summed E-state index contributed by atoms with van der Waals surface area (Å²) in [5.74, 6) is -1.25. The third kappa shape index (κ3) is 2.15. The zero-order valence-corrected chi connectivity index (χ0v) is 7.42. The molecule has 0 aliphatic rings. The van der Waals surface area contributed by atoms with Crippen molar-refractivity contribution in [2.45, 2.75) is 0 Å². The molecule has 6 nitrogen and oxygen atoms in total. The van der Waals surface area contributed by atoms with Crippen molar-refractivity contribution in [3.63, 3.8) is 0 Å². The number of aliphatic carboxylic acids is 1. The van der Waals surface area contributed by atoms with Gasteiger partial charge in [0, 0.05) is 5.38 Å². The van der Waals surface area contributed by atoms with Crippen molar-refractivity contribution in [3.05, 3.63) is 20.7 Å². The zero-order chi connectivity index (χ0) is 9.84. The minimum Gasteiger partial charge on any atom is -0.476 e. The molecule has 0 saturated heterocycles. The van der Waals surface area contributed by atoms with Gasteiger partial charge < -0.3 is 14.9 Å². The van der Waals surface area contributed by atoms with Crippen molar-refractivity contribution < 1.29 is 14.7 Å². The van der Waals surface area contributed by atoms with E-state index >= 15 is 0 Å². The first-order valence-electron chi connectivity index (χ1n) is 3.17. The van der Waals surface area contributed by atoms with Crippen LogP contribution < -0.4 is 4.87 Å². The Morgan fingerprint density at radius 1 is 1.77 bits per heavy atom. The second-order valence-electron chi connectivity index (χ2n) is 1.99. The molecule has 0 atom stereocenters. The summed E-state index contributed by atoms with van der Waals surface area (Å²) in [5, 5.41) is 13.3. The summed E-state index contributed by atoms with van der Waals surface area (Å²) in [7, 11) is 1.23. The summed E-state index contributed by atoms with van der Waals surface area (Å²) in [5.41, 5.74) is -0.176. The van der Waals surface area contributed by atoms with Crippen LogP contribution in [0.15, 0.2) is 15.3 Å². The average Bonchev–Trinajstić information content (AvgIpc) is 2.46. The van der Waals surface area contributed by atoms with E-state index in [-0.39, 0.29) is 16.3 Å². The number of aromatic amines is 1. The number of carbonyl (C=O) groups is 1. The third-order valence-corrected chi connectivity index (χ3v) is 1.83. The molecular formula is C6H6N2O4S. The van der Waals surface area contributed by atoms with Crippen LogP contribution in [-0.4, -0.2) is 28.9 Å². The van der Waals surface area contributed by atoms with Crippen LogP contribution in [0.2, 0.25) is 0 Å². The van der Waals surface area contributed by atoms with Crippen molar-refractivity contribution in [1.29, 1.82) is 0 Å². The van der Waals surface area contributed by atoms with Crippen molar-refractivity contribution in [3.8, 4) is 0 Å². The number of carboxylic acids is 1. The fourth-order valence-corrected chi connectivity index (χ4v) is 1.26. The molecule has 0 radical (unpaired) electrons. The number of rotatable bonds is 3. The van der Waals surface area contributed by atoms with Crippen LogP contribution in [0, 0.1) is 0 Å². The van der Waals surface area contributed by atoms with Crippen molar-refractivity contribution in [2.24, 2.45) is 5.16 Å². The van der Waals surface area contributed by atoms with Crippen LogP contribution >= 0.6 is 11.3 Å². The van der Waals surface area contributed by atoms with Crippen LogP contribution in [0.4, 0.5) is 0 Å². The number of carboxylic acid groups (broad SMARTS) is 1. The molecule has 7 heteroatoms. The molecule has 0 amide bonds. The molecule has 0 aliphatic carbocycles. The van der Waals surface area contributed by atoms with Gasteiger partial charge in [-0.3, -0.25) is 4.79 Å². The summed E-state index contributed by atoms with van der Waals surface area (Å²) in [6.07, 6.45) is 0. The highest BCUT2D eigenvalue weighted by Gasteiger charge is 2.15. The highest BCUT2D eigenvalue weighted by molar-refractivity contribution is 7.07. The van der Waals surface area contributed by atoms with Gasteiger partial charge in [0.25, 0.3) is 0 Å². The Morgan fingerprint density at radius 2 is 2.46 bits per heavy atom. The monoisotopic (exact) mass is 202 g/mol. The second kappa shape index (κ2) is 3.85. The summed E-state index contributed by atoms with van der Waals surface area (Å²) < 4.78 is 0. The predicted molar refractivity (Wildman–Crippen MR) is 46.1 cm³/mol. The lowest BCUT2D eigenvalue weighted by atomic mass is 10.3. The Balaban J connectivity index is 3.09. The van der Waals surface area contributed by atoms with E-state index in [1.807, 2.05) is 0 Å². The van der Waals surface area contributed by atoms with E-state index < -0.39 is 5.97 Å². The first-order chi connectivity index (χ1) is 6.15. The standard InChI is InChI=1S/C6H6N2O4S/c1-12-8-4(5(9)10)3-2-13-6(11)7-3/h2H,1H3,(H,7,11)(H,9,10)/b8-4-. The third-order valence-electron chi connectivity index (χ3n) is 1.16. The lowest BCUT2D eigenvalue weighted by Gasteiger charge is -1.94. The van der Waals surface area contributed by atoms with E-state index in [0.29, 0.717) is 0 Å². The Kier molecular flexibility index (Phi) is 2.80. The van der Waals surface area contributed by atoms with Gasteiger partial charge in [-0.05, 0) is 0 Å². The second-order valence-corrected chi connectivity index (χ2v) is 2.83. The van der Waals surface area contributed by atoms with Crippen LogP contribution in [0.3, 0.4) is 0 Å². The lowest BCUT2D eigenvalue weighted by molar-refractivity contribution is -0.129. The van der Waals surface area contributed by atoms with Gasteiger partial charge in [-0.25, -0.2) is 4.79 Å². The van der Waals surface area contributed by atoms with Gasteiger partial charge in [-0.2, -0.15) is 0 Å². The SMILES string of the molecule is CO/N=C(\C(=O)O)c1csc(=O)[nH]1. The molecule has 1 aromatic heterocycles. The Morgan fingerprint density at radius 3 is 2.85 bits per heavy atom. The smallest absolute Gasteiger partial charge is 0.360 e. The highest BCUT2D eigenvalue weighted by atomic mass is 32.1. The van der Waals surface area contributed by atoms with Crippen LogP contribution in [0.25, 0.3) is 0 Å². The van der Waals surface area contributed by atoms with Crippen LogP contribution in [-0.2, 0) is 9.63 Å². The first kappa shape index (κ1) is 9.46. The maximum Gasteiger partial charge on any atom is 0.360 e. The quantitative estimate of drug-likeness (QED) is 0.527. The molecule has 0 saturated carbocycles. The zero-order valence-electron chi connectivity index (χ0n) is 6.60. The fourth-order valence-electron chi connectivity index (χ4n) is 0.691. The van der Waals surface area contributed by atoms with E-state index in [0.717, 1.165) is 11.3 Å². The molecular weight excluding hydrogens is 196 g/mol. The summed E-state index contributed by atoms with van der Waals surface area (Å²) in [6.45, 7) is 0. The maximum atomic E-state index is 10.7. The van der Waals surface area contributed by atoms with E-state index in [1.165, 1.54) is 12.5 Å². The minimum absolute atomic E-state index is 0.143. The molecule has 0 aromatic carbocycles. The maximum absolute atomic E-state index is 10.7. The Hall–Kier alpha value is -1.63. The lowest BCUT2D eigenvalue weighted by Crippen LogP contribution is -2.16. The topological polar surface area (TPSA) is 91.8 Å². The number of hydrogen-bond donors (Lipinski definition) is 2. The average molecular weight is 202 g/mol. The molecule has 70 valence electrons. The first-order valence-corrected chi connectivity index (χ1v) is 4.05. The number of hydrogen-bond acceptors (Lipinski definition) is 5. The van der Waals surface area contributed by atoms with Gasteiger partial charge in [-0.15, -0.1) is 0 Å². The molecule has 2 N–H and O–H groups in total. The fraction of sp³-hybridized carbons (Fsp3) is 0.167. The van der Waals surface area contributed by atoms with Crippen molar-refractivity contribution in [2.75, 3.05) is 7.11 Å². The van der Waals surface area contributed by atoms with Gasteiger partial charge in [-0.1, -0.05) is 16.5 Å². The Bertz CT molecular complexity index is 391. The molecule has 1 heterocycles. The number of nitrogens with zero attached hydrogens (tertiary/aromatic N) is 1. The molecule has 1 rings (SSSR count). The van der Waals surface area contributed by atoms with Crippen molar-refractivity contribution in [1.82, 2.24) is 4.98 Å². The number of nitrogens with one attached hydrogen (secondary N) is 1. The van der Waals surface area contributed by atoms with Gasteiger partial charge in [0.05, 0.1) is 5.69 Å². The summed E-state index contributed by atoms with van der Waals surface area (Å²) in [6, 6.07) is 0. The normalized spacial score (nSPS) is 11.3. The summed E-state index contributed by atoms with van der Waals surface area (Å²) in [4.78, 5) is 27.6. The molecule has 0 spiro atoms. The van der Waals surface area contributed by atoms with Gasteiger partial charge >= 0.3 is 10.8 Å². The number of aromatic nitrogens is 1. The highest BCUT2D eigenvalue weighted by Crippen LogP contribution is 1.99. The molecule has 0 aliphatic heterocycles. The molecule has 0 fully saturated rings. The summed E-state index contributed by atoms with van der Waals surface area (Å²) >= 11 is 0.865. The van der Waals surface area contributed by atoms with E-state index in [4.69, 9.17) is 5.11 Å². The molecule has 1 aromatic rings. The van der Waals surface area contributed by atoms with Gasteiger partial charge in [0.1, 0.15) is 7.11 Å². The van der Waals surface area contributed by atoms with Crippen molar-refractivity contribution >= 4 is 23.0 Å². The number of H-pyrrole nitrogens is 1. The molecule has 0 bridgehead atoms. The van der Waals surface area contributed by atoms with Gasteiger partial charge in [0.2, 0.25) is 5.71 Å². The number of oxime groups is 1. The number of thiazole rings is 1. The van der Waals surface area contributed by atoms with E-state index in [9.17, 15) is 9.59 Å². The predicted octanol–water partition coefficient (Wildman–Crippen LogP) is -0.128. The Labute approximate surface area is 76.5 Å². The van der Waals surface area contributed by atoms with Crippen LogP contribution in [0.5, 0.6) is 0 Å². The molecule has 13 heavy (non-hydrogen) atoms. The van der Waals surface area contributed by atoms with Gasteiger partial charge in [0.15, 0.2) is 0 Å². The van der Waals surface area contributed by atoms with E-state index in [2.05, 4.69) is 15.0 Å².